The molecule has 0 saturated carbocycles. The highest BCUT2D eigenvalue weighted by molar-refractivity contribution is 5.37. The van der Waals surface area contributed by atoms with Gasteiger partial charge in [0.2, 0.25) is 0 Å². The average molecular weight is 246 g/mol. The van der Waals surface area contributed by atoms with E-state index in [-0.39, 0.29) is 0 Å². The second kappa shape index (κ2) is 6.16. The van der Waals surface area contributed by atoms with Gasteiger partial charge in [-0.1, -0.05) is 12.1 Å². The van der Waals surface area contributed by atoms with Gasteiger partial charge in [0.1, 0.15) is 18.4 Å². The SMILES string of the molecule is COc1ccc(CCCN)cc1Cn1cncn1. The first kappa shape index (κ1) is 12.6. The molecule has 1 aromatic carbocycles. The van der Waals surface area contributed by atoms with Crippen molar-refractivity contribution < 1.29 is 4.74 Å². The van der Waals surface area contributed by atoms with E-state index in [1.165, 1.54) is 11.9 Å². The Morgan fingerprint density at radius 1 is 1.39 bits per heavy atom. The molecule has 1 heterocycles. The summed E-state index contributed by atoms with van der Waals surface area (Å²) >= 11 is 0. The lowest BCUT2D eigenvalue weighted by atomic mass is 10.1. The summed E-state index contributed by atoms with van der Waals surface area (Å²) in [7, 11) is 1.68. The highest BCUT2D eigenvalue weighted by atomic mass is 16.5. The Morgan fingerprint density at radius 3 is 2.94 bits per heavy atom. The molecule has 0 aliphatic rings. The van der Waals surface area contributed by atoms with Gasteiger partial charge in [0, 0.05) is 5.56 Å². The van der Waals surface area contributed by atoms with E-state index in [9.17, 15) is 0 Å². The maximum atomic E-state index is 5.53. The van der Waals surface area contributed by atoms with Crippen LogP contribution in [0.5, 0.6) is 5.75 Å². The first-order chi connectivity index (χ1) is 8.83. The zero-order valence-electron chi connectivity index (χ0n) is 10.5. The molecule has 0 radical (unpaired) electrons. The van der Waals surface area contributed by atoms with Crippen LogP contribution in [0.15, 0.2) is 30.9 Å². The standard InChI is InChI=1S/C13H18N4O/c1-18-13-5-4-11(3-2-6-14)7-12(13)8-17-10-15-9-16-17/h4-5,7,9-10H,2-3,6,8,14H2,1H3. The minimum Gasteiger partial charge on any atom is -0.496 e. The van der Waals surface area contributed by atoms with Crippen molar-refractivity contribution in [1.82, 2.24) is 14.8 Å². The van der Waals surface area contributed by atoms with E-state index < -0.39 is 0 Å². The molecule has 0 bridgehead atoms. The number of nitrogens with two attached hydrogens (primary N) is 1. The van der Waals surface area contributed by atoms with Crippen molar-refractivity contribution in [1.29, 1.82) is 0 Å². The van der Waals surface area contributed by atoms with Gasteiger partial charge >= 0.3 is 0 Å². The summed E-state index contributed by atoms with van der Waals surface area (Å²) in [4.78, 5) is 3.94. The van der Waals surface area contributed by atoms with Gasteiger partial charge < -0.3 is 10.5 Å². The molecule has 0 aliphatic carbocycles. The summed E-state index contributed by atoms with van der Waals surface area (Å²) < 4.78 is 7.15. The van der Waals surface area contributed by atoms with E-state index in [4.69, 9.17) is 10.5 Å². The lowest BCUT2D eigenvalue weighted by molar-refractivity contribution is 0.407. The minimum absolute atomic E-state index is 0.666. The molecule has 2 aromatic rings. The van der Waals surface area contributed by atoms with Gasteiger partial charge in [0.15, 0.2) is 0 Å². The first-order valence-corrected chi connectivity index (χ1v) is 6.01. The Bertz CT molecular complexity index is 482. The van der Waals surface area contributed by atoms with E-state index in [1.807, 2.05) is 6.07 Å². The minimum atomic E-state index is 0.666. The van der Waals surface area contributed by atoms with Crippen LogP contribution < -0.4 is 10.5 Å². The fraction of sp³-hybridized carbons (Fsp3) is 0.385. The van der Waals surface area contributed by atoms with Crippen LogP contribution >= 0.6 is 0 Å². The Balaban J connectivity index is 2.19. The van der Waals surface area contributed by atoms with Gasteiger partial charge in [0.05, 0.1) is 13.7 Å². The average Bonchev–Trinajstić information content (AvgIpc) is 2.89. The van der Waals surface area contributed by atoms with Crippen molar-refractivity contribution >= 4 is 0 Å². The summed E-state index contributed by atoms with van der Waals surface area (Å²) in [5.41, 5.74) is 7.92. The molecular formula is C13H18N4O. The number of hydrogen-bond donors (Lipinski definition) is 1. The summed E-state index contributed by atoms with van der Waals surface area (Å²) in [5, 5.41) is 4.11. The van der Waals surface area contributed by atoms with E-state index in [2.05, 4.69) is 22.2 Å². The number of aryl methyl sites for hydroxylation is 1. The number of aromatic nitrogens is 3. The lowest BCUT2D eigenvalue weighted by Crippen LogP contribution is -2.04. The molecule has 0 amide bonds. The number of rotatable bonds is 6. The van der Waals surface area contributed by atoms with Crippen molar-refractivity contribution in [3.63, 3.8) is 0 Å². The van der Waals surface area contributed by atoms with Crippen LogP contribution in [0.2, 0.25) is 0 Å². The van der Waals surface area contributed by atoms with Crippen molar-refractivity contribution in [2.75, 3.05) is 13.7 Å². The van der Waals surface area contributed by atoms with Gasteiger partial charge in [-0.15, -0.1) is 0 Å². The summed E-state index contributed by atoms with van der Waals surface area (Å²) in [6, 6.07) is 6.23. The predicted octanol–water partition coefficient (Wildman–Crippen LogP) is 1.23. The number of nitrogens with zero attached hydrogens (tertiary/aromatic N) is 3. The van der Waals surface area contributed by atoms with Crippen LogP contribution in [-0.2, 0) is 13.0 Å². The molecule has 0 aliphatic heterocycles. The van der Waals surface area contributed by atoms with Crippen LogP contribution in [0.4, 0.5) is 0 Å². The molecule has 18 heavy (non-hydrogen) atoms. The van der Waals surface area contributed by atoms with Crippen LogP contribution in [-0.4, -0.2) is 28.4 Å². The van der Waals surface area contributed by atoms with Crippen LogP contribution in [0.25, 0.3) is 0 Å². The van der Waals surface area contributed by atoms with E-state index in [1.54, 1.807) is 18.1 Å². The van der Waals surface area contributed by atoms with E-state index >= 15 is 0 Å². The first-order valence-electron chi connectivity index (χ1n) is 6.01. The van der Waals surface area contributed by atoms with Crippen LogP contribution in [0, 0.1) is 0 Å². The topological polar surface area (TPSA) is 66.0 Å². The predicted molar refractivity (Wildman–Crippen MR) is 69.5 cm³/mol. The zero-order chi connectivity index (χ0) is 12.8. The fourth-order valence-electron chi connectivity index (χ4n) is 1.91. The van der Waals surface area contributed by atoms with Crippen molar-refractivity contribution in [3.8, 4) is 5.75 Å². The molecule has 0 spiro atoms. The van der Waals surface area contributed by atoms with Crippen molar-refractivity contribution in [2.24, 2.45) is 5.73 Å². The fourth-order valence-corrected chi connectivity index (χ4v) is 1.91. The zero-order valence-corrected chi connectivity index (χ0v) is 10.5. The van der Waals surface area contributed by atoms with E-state index in [0.717, 1.165) is 24.2 Å². The summed E-state index contributed by atoms with van der Waals surface area (Å²) in [6.45, 7) is 1.38. The summed E-state index contributed by atoms with van der Waals surface area (Å²) in [6.07, 6.45) is 5.22. The molecule has 5 heteroatoms. The lowest BCUT2D eigenvalue weighted by Gasteiger charge is -2.10. The highest BCUT2D eigenvalue weighted by Gasteiger charge is 2.05. The molecule has 0 unspecified atom stereocenters. The molecule has 0 atom stereocenters. The normalized spacial score (nSPS) is 10.6. The maximum absolute atomic E-state index is 5.53. The Kier molecular flexibility index (Phi) is 4.30. The smallest absolute Gasteiger partial charge is 0.137 e. The third-order valence-corrected chi connectivity index (χ3v) is 2.81. The third-order valence-electron chi connectivity index (χ3n) is 2.81. The number of hydrogen-bond acceptors (Lipinski definition) is 4. The van der Waals surface area contributed by atoms with Crippen molar-refractivity contribution in [2.45, 2.75) is 19.4 Å². The number of ether oxygens (including phenoxy) is 1. The quantitative estimate of drug-likeness (QED) is 0.832. The number of methoxy groups -OCH3 is 1. The largest absolute Gasteiger partial charge is 0.496 e. The molecule has 2 rings (SSSR count). The molecule has 2 N–H and O–H groups in total. The van der Waals surface area contributed by atoms with Gasteiger partial charge in [-0.2, -0.15) is 5.10 Å². The molecule has 1 aromatic heterocycles. The van der Waals surface area contributed by atoms with Crippen molar-refractivity contribution in [3.05, 3.63) is 42.0 Å². The van der Waals surface area contributed by atoms with Crippen LogP contribution in [0.3, 0.4) is 0 Å². The van der Waals surface area contributed by atoms with Gasteiger partial charge in [0.25, 0.3) is 0 Å². The molecule has 0 fully saturated rings. The molecular weight excluding hydrogens is 228 g/mol. The summed E-state index contributed by atoms with van der Waals surface area (Å²) in [5.74, 6) is 0.877. The highest BCUT2D eigenvalue weighted by Crippen LogP contribution is 2.21. The molecule has 5 nitrogen and oxygen atoms in total. The third kappa shape index (κ3) is 3.07. The Morgan fingerprint density at radius 2 is 2.28 bits per heavy atom. The van der Waals surface area contributed by atoms with Gasteiger partial charge in [-0.25, -0.2) is 9.67 Å². The van der Waals surface area contributed by atoms with Gasteiger partial charge in [-0.05, 0) is 31.0 Å². The monoisotopic (exact) mass is 246 g/mol. The second-order valence-electron chi connectivity index (χ2n) is 4.13. The molecule has 96 valence electrons. The Labute approximate surface area is 107 Å². The molecule has 0 saturated heterocycles. The van der Waals surface area contributed by atoms with Gasteiger partial charge in [-0.3, -0.25) is 0 Å². The second-order valence-corrected chi connectivity index (χ2v) is 4.13. The van der Waals surface area contributed by atoms with E-state index in [0.29, 0.717) is 13.1 Å². The van der Waals surface area contributed by atoms with Crippen LogP contribution in [0.1, 0.15) is 17.5 Å². The maximum Gasteiger partial charge on any atom is 0.137 e. The number of benzene rings is 1. The Hall–Kier alpha value is -1.88.